The molecule has 0 fully saturated rings. The van der Waals surface area contributed by atoms with Gasteiger partial charge >= 0.3 is 0 Å². The quantitative estimate of drug-likeness (QED) is 0.851. The minimum absolute atomic E-state index is 0.126. The molecule has 0 amide bonds. The Hall–Kier alpha value is -2.43. The molecule has 0 atom stereocenters. The van der Waals surface area contributed by atoms with E-state index in [1.807, 2.05) is 0 Å². The van der Waals surface area contributed by atoms with Crippen LogP contribution in [0.2, 0.25) is 0 Å². The van der Waals surface area contributed by atoms with E-state index in [4.69, 9.17) is 4.74 Å². The van der Waals surface area contributed by atoms with E-state index < -0.39 is 17.6 Å². The number of carbonyl (C=O) groups excluding carboxylic acids is 1. The van der Waals surface area contributed by atoms with E-state index in [0.29, 0.717) is 5.56 Å². The molecule has 0 bridgehead atoms. The van der Waals surface area contributed by atoms with Gasteiger partial charge in [0, 0.05) is 11.6 Å². The SMILES string of the molecule is COc1cc(C(=O)[O-])cc(-c2cc(F)cc(F)c2)c1. The molecule has 0 aliphatic heterocycles. The zero-order valence-corrected chi connectivity index (χ0v) is 9.94. The van der Waals surface area contributed by atoms with Gasteiger partial charge in [0.05, 0.1) is 13.1 Å². The number of carboxylic acid groups (broad SMARTS) is 1. The molecule has 98 valence electrons. The van der Waals surface area contributed by atoms with Crippen LogP contribution in [-0.2, 0) is 0 Å². The highest BCUT2D eigenvalue weighted by atomic mass is 19.1. The van der Waals surface area contributed by atoms with E-state index in [1.165, 1.54) is 25.3 Å². The van der Waals surface area contributed by atoms with Crippen molar-refractivity contribution in [2.75, 3.05) is 7.11 Å². The molecule has 3 nitrogen and oxygen atoms in total. The van der Waals surface area contributed by atoms with Gasteiger partial charge in [0.15, 0.2) is 0 Å². The summed E-state index contributed by atoms with van der Waals surface area (Å²) >= 11 is 0. The van der Waals surface area contributed by atoms with Gasteiger partial charge in [0.2, 0.25) is 0 Å². The first-order valence-corrected chi connectivity index (χ1v) is 5.36. The minimum atomic E-state index is -1.39. The number of methoxy groups -OCH3 is 1. The number of hydrogen-bond donors (Lipinski definition) is 0. The molecule has 19 heavy (non-hydrogen) atoms. The maximum absolute atomic E-state index is 13.2. The van der Waals surface area contributed by atoms with Crippen molar-refractivity contribution in [3.63, 3.8) is 0 Å². The molecule has 0 saturated heterocycles. The van der Waals surface area contributed by atoms with Crippen LogP contribution in [0.15, 0.2) is 36.4 Å². The predicted octanol–water partition coefficient (Wildman–Crippen LogP) is 2.00. The molecule has 0 heterocycles. The van der Waals surface area contributed by atoms with Gasteiger partial charge in [-0.15, -0.1) is 0 Å². The fourth-order valence-electron chi connectivity index (χ4n) is 1.72. The minimum Gasteiger partial charge on any atom is -0.545 e. The molecule has 0 aliphatic rings. The first-order valence-electron chi connectivity index (χ1n) is 5.36. The van der Waals surface area contributed by atoms with Gasteiger partial charge in [0.1, 0.15) is 17.4 Å². The lowest BCUT2D eigenvalue weighted by atomic mass is 10.0. The summed E-state index contributed by atoms with van der Waals surface area (Å²) in [5.74, 6) is -2.61. The Bertz CT molecular complexity index is 618. The molecule has 0 aromatic heterocycles. The lowest BCUT2D eigenvalue weighted by molar-refractivity contribution is -0.255. The summed E-state index contributed by atoms with van der Waals surface area (Å²) < 4.78 is 31.3. The highest BCUT2D eigenvalue weighted by Gasteiger charge is 2.07. The normalized spacial score (nSPS) is 10.3. The number of benzene rings is 2. The van der Waals surface area contributed by atoms with Gasteiger partial charge in [-0.1, -0.05) is 0 Å². The van der Waals surface area contributed by atoms with Gasteiger partial charge < -0.3 is 14.6 Å². The van der Waals surface area contributed by atoms with Crippen molar-refractivity contribution in [3.05, 3.63) is 53.6 Å². The molecule has 0 aliphatic carbocycles. The Morgan fingerprint density at radius 1 is 1.00 bits per heavy atom. The number of halogens is 2. The number of rotatable bonds is 3. The predicted molar refractivity (Wildman–Crippen MR) is 62.7 cm³/mol. The van der Waals surface area contributed by atoms with Gasteiger partial charge in [-0.3, -0.25) is 0 Å². The first kappa shape index (κ1) is 13.0. The zero-order valence-electron chi connectivity index (χ0n) is 9.94. The van der Waals surface area contributed by atoms with Gasteiger partial charge in [-0.25, -0.2) is 8.78 Å². The Balaban J connectivity index is 2.60. The summed E-state index contributed by atoms with van der Waals surface area (Å²) in [7, 11) is 1.37. The van der Waals surface area contributed by atoms with E-state index in [1.54, 1.807) is 0 Å². The van der Waals surface area contributed by atoms with E-state index in [2.05, 4.69) is 0 Å². The van der Waals surface area contributed by atoms with Gasteiger partial charge in [0.25, 0.3) is 0 Å². The molecular weight excluding hydrogens is 254 g/mol. The van der Waals surface area contributed by atoms with Crippen LogP contribution >= 0.6 is 0 Å². The van der Waals surface area contributed by atoms with Crippen molar-refractivity contribution in [2.45, 2.75) is 0 Å². The van der Waals surface area contributed by atoms with E-state index >= 15 is 0 Å². The van der Waals surface area contributed by atoms with Crippen molar-refractivity contribution in [1.29, 1.82) is 0 Å². The molecular formula is C14H9F2O3-. The monoisotopic (exact) mass is 263 g/mol. The van der Waals surface area contributed by atoms with Crippen molar-refractivity contribution in [3.8, 4) is 16.9 Å². The second-order valence-corrected chi connectivity index (χ2v) is 3.90. The molecule has 0 saturated carbocycles. The summed E-state index contributed by atoms with van der Waals surface area (Å²) in [5, 5.41) is 10.9. The third-order valence-electron chi connectivity index (χ3n) is 2.57. The van der Waals surface area contributed by atoms with Crippen LogP contribution in [0.25, 0.3) is 11.1 Å². The molecule has 0 N–H and O–H groups in total. The highest BCUT2D eigenvalue weighted by molar-refractivity contribution is 5.88. The molecule has 2 aromatic carbocycles. The second-order valence-electron chi connectivity index (χ2n) is 3.90. The average molecular weight is 263 g/mol. The van der Waals surface area contributed by atoms with E-state index in [-0.39, 0.29) is 16.9 Å². The standard InChI is InChI=1S/C14H10F2O3/c1-19-13-5-8(2-10(6-13)14(17)18)9-3-11(15)7-12(16)4-9/h2-7H,1H3,(H,17,18)/p-1. The molecule has 2 aromatic rings. The van der Waals surface area contributed by atoms with E-state index in [9.17, 15) is 18.7 Å². The van der Waals surface area contributed by atoms with Crippen LogP contribution in [-0.4, -0.2) is 13.1 Å². The summed E-state index contributed by atoms with van der Waals surface area (Å²) in [6.07, 6.45) is 0. The van der Waals surface area contributed by atoms with Crippen LogP contribution < -0.4 is 9.84 Å². The number of hydrogen-bond acceptors (Lipinski definition) is 3. The molecule has 2 rings (SSSR count). The largest absolute Gasteiger partial charge is 0.545 e. The van der Waals surface area contributed by atoms with Gasteiger partial charge in [-0.05, 0) is 41.5 Å². The summed E-state index contributed by atoms with van der Waals surface area (Å²) in [4.78, 5) is 10.9. The van der Waals surface area contributed by atoms with Crippen molar-refractivity contribution in [1.82, 2.24) is 0 Å². The lowest BCUT2D eigenvalue weighted by Crippen LogP contribution is -2.22. The fourth-order valence-corrected chi connectivity index (χ4v) is 1.72. The Kier molecular flexibility index (Phi) is 3.46. The average Bonchev–Trinajstić information content (AvgIpc) is 2.37. The van der Waals surface area contributed by atoms with Crippen LogP contribution in [0.4, 0.5) is 8.78 Å². The van der Waals surface area contributed by atoms with Crippen LogP contribution in [0.1, 0.15) is 10.4 Å². The maximum Gasteiger partial charge on any atom is 0.126 e. The number of ether oxygens (including phenoxy) is 1. The second kappa shape index (κ2) is 5.06. The zero-order chi connectivity index (χ0) is 14.0. The highest BCUT2D eigenvalue weighted by Crippen LogP contribution is 2.27. The lowest BCUT2D eigenvalue weighted by Gasteiger charge is -2.10. The van der Waals surface area contributed by atoms with Crippen LogP contribution in [0.5, 0.6) is 5.75 Å². The molecule has 0 spiro atoms. The van der Waals surface area contributed by atoms with Crippen molar-refractivity contribution in [2.24, 2.45) is 0 Å². The van der Waals surface area contributed by atoms with Crippen LogP contribution in [0, 0.1) is 11.6 Å². The maximum atomic E-state index is 13.2. The van der Waals surface area contributed by atoms with Crippen LogP contribution in [0.3, 0.4) is 0 Å². The Morgan fingerprint density at radius 2 is 1.58 bits per heavy atom. The number of aromatic carboxylic acids is 1. The van der Waals surface area contributed by atoms with Crippen molar-refractivity contribution >= 4 is 5.97 Å². The van der Waals surface area contributed by atoms with Gasteiger partial charge in [-0.2, -0.15) is 0 Å². The summed E-state index contributed by atoms with van der Waals surface area (Å²) in [6, 6.07) is 6.98. The fraction of sp³-hybridized carbons (Fsp3) is 0.0714. The molecule has 5 heteroatoms. The third kappa shape index (κ3) is 2.88. The molecule has 0 unspecified atom stereocenters. The van der Waals surface area contributed by atoms with Crippen molar-refractivity contribution < 1.29 is 23.4 Å². The number of carboxylic acids is 1. The Morgan fingerprint density at radius 3 is 2.11 bits per heavy atom. The topological polar surface area (TPSA) is 49.4 Å². The number of carbonyl (C=O) groups is 1. The summed E-state index contributed by atoms with van der Waals surface area (Å²) in [5.41, 5.74) is 0.426. The Labute approximate surface area is 108 Å². The molecule has 0 radical (unpaired) electrons. The summed E-state index contributed by atoms with van der Waals surface area (Å²) in [6.45, 7) is 0. The first-order chi connectivity index (χ1) is 8.99. The third-order valence-corrected chi connectivity index (χ3v) is 2.57. The smallest absolute Gasteiger partial charge is 0.126 e. The van der Waals surface area contributed by atoms with E-state index in [0.717, 1.165) is 18.2 Å².